The van der Waals surface area contributed by atoms with Gasteiger partial charge in [0.25, 0.3) is 5.91 Å². The van der Waals surface area contributed by atoms with E-state index in [0.717, 1.165) is 23.2 Å². The molecule has 160 valence electrons. The minimum absolute atomic E-state index is 0.124. The zero-order valence-electron chi connectivity index (χ0n) is 18.0. The van der Waals surface area contributed by atoms with Crippen LogP contribution in [0.2, 0.25) is 0 Å². The van der Waals surface area contributed by atoms with Crippen LogP contribution in [0, 0.1) is 6.92 Å². The summed E-state index contributed by atoms with van der Waals surface area (Å²) < 4.78 is 0. The van der Waals surface area contributed by atoms with Gasteiger partial charge in [-0.2, -0.15) is 0 Å². The molecule has 3 aromatic carbocycles. The average molecular weight is 424 g/mol. The van der Waals surface area contributed by atoms with Crippen LogP contribution in [0.25, 0.3) is 10.9 Å². The summed E-state index contributed by atoms with van der Waals surface area (Å²) in [7, 11) is 0. The number of nitrogens with zero attached hydrogens (tertiary/aromatic N) is 1. The van der Waals surface area contributed by atoms with Gasteiger partial charge in [0.2, 0.25) is 5.91 Å². The minimum Gasteiger partial charge on any atom is -0.361 e. The van der Waals surface area contributed by atoms with Gasteiger partial charge in [0.05, 0.1) is 0 Å². The van der Waals surface area contributed by atoms with Gasteiger partial charge in [0.15, 0.2) is 0 Å². The summed E-state index contributed by atoms with van der Waals surface area (Å²) in [5.74, 6) is -0.274. The standard InChI is InChI=1S/C27H25N3O2/c1-18-11-12-23-22(15-18)21(17-29-23)13-14-28-26(31)25-16-20-9-5-6-10-24(20)30(25)27(32)19-7-3-2-4-8-19/h2-12,15,17,25,29H,13-14,16H2,1H3,(H,28,31). The van der Waals surface area contributed by atoms with Gasteiger partial charge in [-0.3, -0.25) is 14.5 Å². The molecule has 0 saturated carbocycles. The van der Waals surface area contributed by atoms with Gasteiger partial charge < -0.3 is 10.3 Å². The summed E-state index contributed by atoms with van der Waals surface area (Å²) in [6.45, 7) is 2.59. The molecule has 0 aliphatic carbocycles. The summed E-state index contributed by atoms with van der Waals surface area (Å²) >= 11 is 0. The third-order valence-electron chi connectivity index (χ3n) is 6.13. The van der Waals surface area contributed by atoms with Gasteiger partial charge in [-0.25, -0.2) is 0 Å². The molecule has 1 aromatic heterocycles. The number of aromatic amines is 1. The smallest absolute Gasteiger partial charge is 0.259 e. The van der Waals surface area contributed by atoms with E-state index in [-0.39, 0.29) is 11.8 Å². The van der Waals surface area contributed by atoms with E-state index in [1.807, 2.05) is 48.7 Å². The van der Waals surface area contributed by atoms with Gasteiger partial charge in [0, 0.05) is 41.3 Å². The average Bonchev–Trinajstić information content (AvgIpc) is 3.40. The van der Waals surface area contributed by atoms with Gasteiger partial charge in [-0.05, 0) is 54.8 Å². The Labute approximate surface area is 187 Å². The SMILES string of the molecule is Cc1ccc2[nH]cc(CCNC(=O)C3Cc4ccccc4N3C(=O)c3ccccc3)c2c1. The highest BCUT2D eigenvalue weighted by Gasteiger charge is 2.38. The van der Waals surface area contributed by atoms with E-state index in [1.165, 1.54) is 16.5 Å². The molecule has 32 heavy (non-hydrogen) atoms. The number of nitrogens with one attached hydrogen (secondary N) is 2. The zero-order valence-corrected chi connectivity index (χ0v) is 18.0. The maximum absolute atomic E-state index is 13.3. The molecule has 0 spiro atoms. The van der Waals surface area contributed by atoms with E-state index >= 15 is 0 Å². The number of para-hydroxylation sites is 1. The zero-order chi connectivity index (χ0) is 22.1. The highest BCUT2D eigenvalue weighted by Crippen LogP contribution is 2.33. The molecular weight excluding hydrogens is 398 g/mol. The fraction of sp³-hybridized carbons (Fsp3) is 0.185. The molecule has 0 bridgehead atoms. The van der Waals surface area contributed by atoms with E-state index in [0.29, 0.717) is 18.5 Å². The number of hydrogen-bond acceptors (Lipinski definition) is 2. The van der Waals surface area contributed by atoms with Gasteiger partial charge >= 0.3 is 0 Å². The number of aryl methyl sites for hydroxylation is 1. The predicted molar refractivity (Wildman–Crippen MR) is 127 cm³/mol. The van der Waals surface area contributed by atoms with Crippen LogP contribution in [-0.2, 0) is 17.6 Å². The molecule has 5 heteroatoms. The Balaban J connectivity index is 1.33. The molecule has 0 fully saturated rings. The molecule has 1 atom stereocenters. The second-order valence-electron chi connectivity index (χ2n) is 8.29. The molecule has 2 amide bonds. The van der Waals surface area contributed by atoms with Crippen molar-refractivity contribution in [2.45, 2.75) is 25.8 Å². The highest BCUT2D eigenvalue weighted by molar-refractivity contribution is 6.11. The van der Waals surface area contributed by atoms with Gasteiger partial charge in [0.1, 0.15) is 6.04 Å². The molecular formula is C27H25N3O2. The molecule has 0 saturated heterocycles. The van der Waals surface area contributed by atoms with Crippen LogP contribution in [0.5, 0.6) is 0 Å². The maximum atomic E-state index is 13.3. The van der Waals surface area contributed by atoms with Gasteiger partial charge in [-0.1, -0.05) is 48.0 Å². The van der Waals surface area contributed by atoms with E-state index in [4.69, 9.17) is 0 Å². The molecule has 2 N–H and O–H groups in total. The number of carbonyl (C=O) groups is 2. The van der Waals surface area contributed by atoms with Crippen LogP contribution in [0.15, 0.2) is 79.0 Å². The molecule has 0 radical (unpaired) electrons. The number of fused-ring (bicyclic) bond motifs is 2. The lowest BCUT2D eigenvalue weighted by Gasteiger charge is -2.25. The van der Waals surface area contributed by atoms with Crippen molar-refractivity contribution in [2.24, 2.45) is 0 Å². The number of carbonyl (C=O) groups excluding carboxylic acids is 2. The normalized spacial score (nSPS) is 15.0. The van der Waals surface area contributed by atoms with Crippen molar-refractivity contribution in [2.75, 3.05) is 11.4 Å². The van der Waals surface area contributed by atoms with Crippen LogP contribution in [-0.4, -0.2) is 29.4 Å². The van der Waals surface area contributed by atoms with E-state index in [9.17, 15) is 9.59 Å². The van der Waals surface area contributed by atoms with E-state index in [1.54, 1.807) is 17.0 Å². The molecule has 4 aromatic rings. The second-order valence-corrected chi connectivity index (χ2v) is 8.29. The second kappa shape index (κ2) is 8.35. The van der Waals surface area contributed by atoms with Crippen molar-refractivity contribution >= 4 is 28.4 Å². The van der Waals surface area contributed by atoms with Crippen molar-refractivity contribution in [1.82, 2.24) is 10.3 Å². The predicted octanol–water partition coefficient (Wildman–Crippen LogP) is 4.41. The Morgan fingerprint density at radius 3 is 2.66 bits per heavy atom. The van der Waals surface area contributed by atoms with Crippen LogP contribution < -0.4 is 10.2 Å². The number of aromatic nitrogens is 1. The number of hydrogen-bond donors (Lipinski definition) is 2. The van der Waals surface area contributed by atoms with E-state index < -0.39 is 6.04 Å². The number of H-pyrrole nitrogens is 1. The van der Waals surface area contributed by atoms with Crippen LogP contribution in [0.4, 0.5) is 5.69 Å². The first-order chi connectivity index (χ1) is 15.6. The molecule has 1 unspecified atom stereocenters. The Kier molecular flexibility index (Phi) is 5.23. The van der Waals surface area contributed by atoms with Gasteiger partial charge in [-0.15, -0.1) is 0 Å². The molecule has 5 rings (SSSR count). The molecule has 5 nitrogen and oxygen atoms in total. The lowest BCUT2D eigenvalue weighted by molar-refractivity contribution is -0.122. The summed E-state index contributed by atoms with van der Waals surface area (Å²) in [6, 6.07) is 22.7. The number of rotatable bonds is 5. The maximum Gasteiger partial charge on any atom is 0.259 e. The lowest BCUT2D eigenvalue weighted by atomic mass is 10.1. The third kappa shape index (κ3) is 3.66. The summed E-state index contributed by atoms with van der Waals surface area (Å²) in [4.78, 5) is 31.4. The van der Waals surface area contributed by atoms with Crippen molar-refractivity contribution in [1.29, 1.82) is 0 Å². The third-order valence-corrected chi connectivity index (χ3v) is 6.13. The minimum atomic E-state index is -0.551. The summed E-state index contributed by atoms with van der Waals surface area (Å²) in [5, 5.41) is 4.25. The van der Waals surface area contributed by atoms with Crippen molar-refractivity contribution in [3.05, 3.63) is 101 Å². The van der Waals surface area contributed by atoms with Crippen molar-refractivity contribution in [3.8, 4) is 0 Å². The van der Waals surface area contributed by atoms with Crippen molar-refractivity contribution in [3.63, 3.8) is 0 Å². The Bertz CT molecular complexity index is 1290. The van der Waals surface area contributed by atoms with Crippen LogP contribution in [0.1, 0.15) is 27.0 Å². The molecule has 1 aliphatic rings. The largest absolute Gasteiger partial charge is 0.361 e. The Morgan fingerprint density at radius 1 is 1.03 bits per heavy atom. The number of amides is 2. The lowest BCUT2D eigenvalue weighted by Crippen LogP contribution is -2.48. The quantitative estimate of drug-likeness (QED) is 0.500. The first-order valence-corrected chi connectivity index (χ1v) is 10.9. The fourth-order valence-corrected chi connectivity index (χ4v) is 4.50. The first kappa shape index (κ1) is 20.1. The van der Waals surface area contributed by atoms with Crippen molar-refractivity contribution < 1.29 is 9.59 Å². The summed E-state index contributed by atoms with van der Waals surface area (Å²) in [5.41, 5.74) is 5.90. The molecule has 1 aliphatic heterocycles. The summed E-state index contributed by atoms with van der Waals surface area (Å²) in [6.07, 6.45) is 3.25. The van der Waals surface area contributed by atoms with Crippen LogP contribution in [0.3, 0.4) is 0 Å². The number of anilines is 1. The molecule has 2 heterocycles. The topological polar surface area (TPSA) is 65.2 Å². The van der Waals surface area contributed by atoms with E-state index in [2.05, 4.69) is 35.4 Å². The Hall–Kier alpha value is -3.86. The highest BCUT2D eigenvalue weighted by atomic mass is 16.2. The first-order valence-electron chi connectivity index (χ1n) is 10.9. The van der Waals surface area contributed by atoms with Crippen LogP contribution >= 0.6 is 0 Å². The Morgan fingerprint density at radius 2 is 1.81 bits per heavy atom. The monoisotopic (exact) mass is 423 g/mol. The number of benzene rings is 3. The fourth-order valence-electron chi connectivity index (χ4n) is 4.50.